The average Bonchev–Trinajstić information content (AvgIpc) is 3.18. The minimum Gasteiger partial charge on any atom is -0.352 e. The molecule has 1 aromatic rings. The van der Waals surface area contributed by atoms with Crippen LogP contribution in [0.3, 0.4) is 0 Å². The highest BCUT2D eigenvalue weighted by Crippen LogP contribution is 2.41. The van der Waals surface area contributed by atoms with Crippen LogP contribution in [0.4, 0.5) is 0 Å². The Labute approximate surface area is 121 Å². The molecule has 1 aromatic carbocycles. The number of amides is 1. The standard InChI is InChI=1S/C17H26N2O/c1-11(2)12-5-7-13(8-6-12)14-9-15(14)19-16(20)17(3,4)10-18/h5-8,11,14-15H,9-10,18H2,1-4H3,(H,19,20)/t14-,15-/m1/s1. The second-order valence-corrected chi connectivity index (χ2v) is 6.83. The zero-order valence-corrected chi connectivity index (χ0v) is 12.9. The van der Waals surface area contributed by atoms with Crippen molar-refractivity contribution in [1.29, 1.82) is 0 Å². The Hall–Kier alpha value is -1.35. The molecular weight excluding hydrogens is 248 g/mol. The first kappa shape index (κ1) is 15.0. The van der Waals surface area contributed by atoms with Crippen LogP contribution in [0.15, 0.2) is 24.3 Å². The van der Waals surface area contributed by atoms with Crippen LogP contribution < -0.4 is 11.1 Å². The summed E-state index contributed by atoms with van der Waals surface area (Å²) in [5, 5.41) is 3.11. The lowest BCUT2D eigenvalue weighted by Gasteiger charge is -2.21. The SMILES string of the molecule is CC(C)c1ccc([C@H]2C[C@H]2NC(=O)C(C)(C)CN)cc1. The van der Waals surface area contributed by atoms with Gasteiger partial charge in [0, 0.05) is 18.5 Å². The van der Waals surface area contributed by atoms with Crippen molar-refractivity contribution >= 4 is 5.91 Å². The first-order valence-corrected chi connectivity index (χ1v) is 7.46. The van der Waals surface area contributed by atoms with Gasteiger partial charge < -0.3 is 11.1 Å². The Morgan fingerprint density at radius 1 is 1.35 bits per heavy atom. The molecule has 2 rings (SSSR count). The maximum Gasteiger partial charge on any atom is 0.227 e. The maximum atomic E-state index is 12.1. The number of nitrogens with one attached hydrogen (secondary N) is 1. The van der Waals surface area contributed by atoms with Crippen molar-refractivity contribution in [2.24, 2.45) is 11.1 Å². The van der Waals surface area contributed by atoms with Crippen LogP contribution in [0.25, 0.3) is 0 Å². The fourth-order valence-electron chi connectivity index (χ4n) is 2.31. The predicted molar refractivity (Wildman–Crippen MR) is 82.7 cm³/mol. The lowest BCUT2D eigenvalue weighted by Crippen LogP contribution is -2.42. The summed E-state index contributed by atoms with van der Waals surface area (Å²) >= 11 is 0. The highest BCUT2D eigenvalue weighted by molar-refractivity contribution is 5.82. The summed E-state index contributed by atoms with van der Waals surface area (Å²) < 4.78 is 0. The fraction of sp³-hybridized carbons (Fsp3) is 0.588. The van der Waals surface area contributed by atoms with Crippen LogP contribution in [-0.2, 0) is 4.79 Å². The monoisotopic (exact) mass is 274 g/mol. The lowest BCUT2D eigenvalue weighted by atomic mass is 9.92. The highest BCUT2D eigenvalue weighted by atomic mass is 16.2. The van der Waals surface area contributed by atoms with Gasteiger partial charge in [-0.3, -0.25) is 4.79 Å². The summed E-state index contributed by atoms with van der Waals surface area (Å²) in [6, 6.07) is 9.06. The third-order valence-electron chi connectivity index (χ3n) is 4.26. The second-order valence-electron chi connectivity index (χ2n) is 6.83. The molecule has 1 amide bonds. The third kappa shape index (κ3) is 3.21. The van der Waals surface area contributed by atoms with Crippen molar-refractivity contribution < 1.29 is 4.79 Å². The van der Waals surface area contributed by atoms with Crippen molar-refractivity contribution in [1.82, 2.24) is 5.32 Å². The van der Waals surface area contributed by atoms with Crippen molar-refractivity contribution in [2.45, 2.75) is 52.0 Å². The first-order chi connectivity index (χ1) is 9.35. The topological polar surface area (TPSA) is 55.1 Å². The summed E-state index contributed by atoms with van der Waals surface area (Å²) in [6.45, 7) is 8.54. The van der Waals surface area contributed by atoms with Gasteiger partial charge in [0.15, 0.2) is 0 Å². The quantitative estimate of drug-likeness (QED) is 0.867. The van der Waals surface area contributed by atoms with Gasteiger partial charge in [0.1, 0.15) is 0 Å². The zero-order chi connectivity index (χ0) is 14.9. The molecule has 3 heteroatoms. The van der Waals surface area contributed by atoms with Crippen LogP contribution in [0.2, 0.25) is 0 Å². The molecule has 0 saturated heterocycles. The second kappa shape index (κ2) is 5.57. The lowest BCUT2D eigenvalue weighted by molar-refractivity contribution is -0.129. The summed E-state index contributed by atoms with van der Waals surface area (Å²) in [6.07, 6.45) is 1.04. The largest absolute Gasteiger partial charge is 0.352 e. The molecule has 0 unspecified atom stereocenters. The normalized spacial score (nSPS) is 21.9. The Morgan fingerprint density at radius 3 is 2.45 bits per heavy atom. The Bertz CT molecular complexity index is 476. The van der Waals surface area contributed by atoms with Crippen molar-refractivity contribution in [2.75, 3.05) is 6.54 Å². The van der Waals surface area contributed by atoms with Gasteiger partial charge in [-0.2, -0.15) is 0 Å². The number of carbonyl (C=O) groups is 1. The van der Waals surface area contributed by atoms with E-state index in [1.165, 1.54) is 11.1 Å². The van der Waals surface area contributed by atoms with Gasteiger partial charge in [-0.1, -0.05) is 38.1 Å². The molecule has 3 nitrogen and oxygen atoms in total. The number of rotatable bonds is 5. The Kier molecular flexibility index (Phi) is 4.19. The Morgan fingerprint density at radius 2 is 1.95 bits per heavy atom. The molecule has 0 aromatic heterocycles. The van der Waals surface area contributed by atoms with Crippen molar-refractivity contribution in [3.8, 4) is 0 Å². The van der Waals surface area contributed by atoms with E-state index >= 15 is 0 Å². The number of hydrogen-bond acceptors (Lipinski definition) is 2. The fourth-order valence-corrected chi connectivity index (χ4v) is 2.31. The van der Waals surface area contributed by atoms with E-state index in [1.807, 2.05) is 13.8 Å². The number of nitrogens with two attached hydrogens (primary N) is 1. The summed E-state index contributed by atoms with van der Waals surface area (Å²) in [5.74, 6) is 1.09. The summed E-state index contributed by atoms with van der Waals surface area (Å²) in [5.41, 5.74) is 7.84. The summed E-state index contributed by atoms with van der Waals surface area (Å²) in [4.78, 5) is 12.1. The van der Waals surface area contributed by atoms with Crippen LogP contribution in [0, 0.1) is 5.41 Å². The maximum absolute atomic E-state index is 12.1. The van der Waals surface area contributed by atoms with E-state index < -0.39 is 5.41 Å². The molecule has 0 bridgehead atoms. The molecule has 0 radical (unpaired) electrons. The van der Waals surface area contributed by atoms with Gasteiger partial charge in [-0.25, -0.2) is 0 Å². The Balaban J connectivity index is 1.93. The van der Waals surface area contributed by atoms with Gasteiger partial charge in [-0.05, 0) is 37.3 Å². The van der Waals surface area contributed by atoms with E-state index in [-0.39, 0.29) is 11.9 Å². The molecule has 2 atom stereocenters. The minimum atomic E-state index is -0.478. The van der Waals surface area contributed by atoms with Crippen LogP contribution >= 0.6 is 0 Å². The molecular formula is C17H26N2O. The molecule has 0 heterocycles. The molecule has 1 saturated carbocycles. The van der Waals surface area contributed by atoms with Gasteiger partial charge in [0.25, 0.3) is 0 Å². The molecule has 0 spiro atoms. The van der Waals surface area contributed by atoms with Gasteiger partial charge in [0.2, 0.25) is 5.91 Å². The van der Waals surface area contributed by atoms with Crippen molar-refractivity contribution in [3.05, 3.63) is 35.4 Å². The van der Waals surface area contributed by atoms with E-state index in [0.29, 0.717) is 18.4 Å². The third-order valence-corrected chi connectivity index (χ3v) is 4.26. The molecule has 0 aliphatic heterocycles. The van der Waals surface area contributed by atoms with Crippen LogP contribution in [0.5, 0.6) is 0 Å². The number of carbonyl (C=O) groups excluding carboxylic acids is 1. The molecule has 3 N–H and O–H groups in total. The smallest absolute Gasteiger partial charge is 0.227 e. The molecule has 1 fully saturated rings. The molecule has 1 aliphatic carbocycles. The van der Waals surface area contributed by atoms with Gasteiger partial charge in [-0.15, -0.1) is 0 Å². The van der Waals surface area contributed by atoms with E-state index in [4.69, 9.17) is 5.73 Å². The van der Waals surface area contributed by atoms with E-state index in [1.54, 1.807) is 0 Å². The average molecular weight is 274 g/mol. The molecule has 110 valence electrons. The van der Waals surface area contributed by atoms with Crippen LogP contribution in [-0.4, -0.2) is 18.5 Å². The molecule has 20 heavy (non-hydrogen) atoms. The van der Waals surface area contributed by atoms with Crippen molar-refractivity contribution in [3.63, 3.8) is 0 Å². The zero-order valence-electron chi connectivity index (χ0n) is 12.9. The van der Waals surface area contributed by atoms with Crippen LogP contribution in [0.1, 0.15) is 57.1 Å². The van der Waals surface area contributed by atoms with E-state index in [2.05, 4.69) is 43.4 Å². The van der Waals surface area contributed by atoms with Gasteiger partial charge >= 0.3 is 0 Å². The number of hydrogen-bond donors (Lipinski definition) is 2. The summed E-state index contributed by atoms with van der Waals surface area (Å²) in [7, 11) is 0. The van der Waals surface area contributed by atoms with E-state index in [0.717, 1.165) is 6.42 Å². The van der Waals surface area contributed by atoms with Gasteiger partial charge in [0.05, 0.1) is 5.41 Å². The highest BCUT2D eigenvalue weighted by Gasteiger charge is 2.41. The number of benzene rings is 1. The van der Waals surface area contributed by atoms with E-state index in [9.17, 15) is 4.79 Å². The predicted octanol–water partition coefficient (Wildman–Crippen LogP) is 2.77. The molecule has 1 aliphatic rings. The minimum absolute atomic E-state index is 0.0614. The first-order valence-electron chi connectivity index (χ1n) is 7.46.